The maximum absolute atomic E-state index is 5.53. The quantitative estimate of drug-likeness (QED) is 0.655. The molecule has 0 spiro atoms. The maximum atomic E-state index is 5.53. The summed E-state index contributed by atoms with van der Waals surface area (Å²) in [7, 11) is 1.85. The second-order valence-corrected chi connectivity index (χ2v) is 3.32. The van der Waals surface area contributed by atoms with E-state index in [1.807, 2.05) is 7.05 Å². The van der Waals surface area contributed by atoms with Crippen LogP contribution in [0.2, 0.25) is 0 Å². The first-order chi connectivity index (χ1) is 6.33. The summed E-state index contributed by atoms with van der Waals surface area (Å²) < 4.78 is 1.69. The standard InChI is InChI=1S/C7H14N6/c1-12-7(9-10-11-12)13(5-4-8)6-2-3-6/h6H,2-5,8H2,1H3. The van der Waals surface area contributed by atoms with Crippen LogP contribution in [0.15, 0.2) is 0 Å². The first kappa shape index (κ1) is 8.43. The minimum absolute atomic E-state index is 0.605. The predicted octanol–water partition coefficient (Wildman–Crippen LogP) is -0.862. The molecule has 2 N–H and O–H groups in total. The van der Waals surface area contributed by atoms with E-state index in [9.17, 15) is 0 Å². The molecule has 0 aromatic carbocycles. The Morgan fingerprint density at radius 3 is 2.85 bits per heavy atom. The lowest BCUT2D eigenvalue weighted by molar-refractivity contribution is 0.674. The van der Waals surface area contributed by atoms with Crippen LogP contribution >= 0.6 is 0 Å². The molecule has 1 aliphatic carbocycles. The number of aromatic nitrogens is 4. The summed E-state index contributed by atoms with van der Waals surface area (Å²) in [4.78, 5) is 2.18. The summed E-state index contributed by atoms with van der Waals surface area (Å²) >= 11 is 0. The molecule has 1 aliphatic rings. The Hall–Kier alpha value is -1.17. The maximum Gasteiger partial charge on any atom is 0.245 e. The third-order valence-electron chi connectivity index (χ3n) is 2.21. The van der Waals surface area contributed by atoms with Crippen LogP contribution in [0.1, 0.15) is 12.8 Å². The SMILES string of the molecule is Cn1nnnc1N(CCN)C1CC1. The Bertz CT molecular complexity index is 278. The van der Waals surface area contributed by atoms with Gasteiger partial charge in [0.15, 0.2) is 0 Å². The third kappa shape index (κ3) is 1.62. The van der Waals surface area contributed by atoms with Gasteiger partial charge in [-0.15, -0.1) is 0 Å². The van der Waals surface area contributed by atoms with Crippen molar-refractivity contribution < 1.29 is 0 Å². The molecule has 0 unspecified atom stereocenters. The highest BCUT2D eigenvalue weighted by Crippen LogP contribution is 2.29. The molecular weight excluding hydrogens is 168 g/mol. The molecule has 72 valence electrons. The summed E-state index contributed by atoms with van der Waals surface area (Å²) in [5.74, 6) is 0.827. The number of rotatable bonds is 4. The second kappa shape index (κ2) is 3.29. The van der Waals surface area contributed by atoms with Crippen molar-refractivity contribution in [2.75, 3.05) is 18.0 Å². The van der Waals surface area contributed by atoms with E-state index in [0.29, 0.717) is 12.6 Å². The summed E-state index contributed by atoms with van der Waals surface area (Å²) in [6.45, 7) is 1.47. The first-order valence-corrected chi connectivity index (χ1v) is 4.52. The lowest BCUT2D eigenvalue weighted by atomic mass is 10.5. The van der Waals surface area contributed by atoms with Crippen molar-refractivity contribution in [3.05, 3.63) is 0 Å². The molecule has 0 saturated heterocycles. The van der Waals surface area contributed by atoms with Crippen molar-refractivity contribution in [2.45, 2.75) is 18.9 Å². The predicted molar refractivity (Wildman–Crippen MR) is 48.2 cm³/mol. The summed E-state index contributed by atoms with van der Waals surface area (Å²) in [6.07, 6.45) is 2.46. The molecule has 6 nitrogen and oxygen atoms in total. The average Bonchev–Trinajstić information content (AvgIpc) is 2.86. The van der Waals surface area contributed by atoms with Gasteiger partial charge in [0.2, 0.25) is 5.95 Å². The van der Waals surface area contributed by atoms with E-state index in [1.165, 1.54) is 12.8 Å². The van der Waals surface area contributed by atoms with Gasteiger partial charge in [-0.2, -0.15) is 0 Å². The normalized spacial score (nSPS) is 16.2. The lowest BCUT2D eigenvalue weighted by Crippen LogP contribution is -2.33. The van der Waals surface area contributed by atoms with Gasteiger partial charge >= 0.3 is 0 Å². The van der Waals surface area contributed by atoms with Gasteiger partial charge in [0, 0.05) is 26.2 Å². The molecule has 2 rings (SSSR count). The van der Waals surface area contributed by atoms with Crippen molar-refractivity contribution in [1.29, 1.82) is 0 Å². The van der Waals surface area contributed by atoms with Gasteiger partial charge in [-0.25, -0.2) is 4.68 Å². The number of nitrogens with two attached hydrogens (primary N) is 1. The topological polar surface area (TPSA) is 72.9 Å². The number of nitrogens with zero attached hydrogens (tertiary/aromatic N) is 5. The zero-order chi connectivity index (χ0) is 9.26. The largest absolute Gasteiger partial charge is 0.335 e. The van der Waals surface area contributed by atoms with Crippen LogP contribution in [-0.4, -0.2) is 39.3 Å². The van der Waals surface area contributed by atoms with E-state index in [-0.39, 0.29) is 0 Å². The van der Waals surface area contributed by atoms with Crippen LogP contribution in [0, 0.1) is 0 Å². The second-order valence-electron chi connectivity index (χ2n) is 3.32. The fourth-order valence-electron chi connectivity index (χ4n) is 1.44. The summed E-state index contributed by atoms with van der Waals surface area (Å²) in [5.41, 5.74) is 5.53. The average molecular weight is 182 g/mol. The van der Waals surface area contributed by atoms with Gasteiger partial charge < -0.3 is 10.6 Å². The molecule has 1 saturated carbocycles. The molecule has 0 aliphatic heterocycles. The highest BCUT2D eigenvalue weighted by Gasteiger charge is 2.31. The minimum Gasteiger partial charge on any atom is -0.335 e. The van der Waals surface area contributed by atoms with E-state index in [1.54, 1.807) is 4.68 Å². The highest BCUT2D eigenvalue weighted by molar-refractivity contribution is 5.32. The van der Waals surface area contributed by atoms with Gasteiger partial charge in [0.05, 0.1) is 0 Å². The van der Waals surface area contributed by atoms with E-state index in [0.717, 1.165) is 12.5 Å². The van der Waals surface area contributed by atoms with Gasteiger partial charge in [-0.1, -0.05) is 5.10 Å². The highest BCUT2D eigenvalue weighted by atomic mass is 15.6. The zero-order valence-electron chi connectivity index (χ0n) is 7.72. The summed E-state index contributed by atoms with van der Waals surface area (Å²) in [6, 6.07) is 0.605. The molecule has 0 atom stereocenters. The fourth-order valence-corrected chi connectivity index (χ4v) is 1.44. The van der Waals surface area contributed by atoms with Crippen molar-refractivity contribution in [3.8, 4) is 0 Å². The zero-order valence-corrected chi connectivity index (χ0v) is 7.72. The monoisotopic (exact) mass is 182 g/mol. The van der Waals surface area contributed by atoms with E-state index in [4.69, 9.17) is 5.73 Å². The van der Waals surface area contributed by atoms with Crippen LogP contribution < -0.4 is 10.6 Å². The lowest BCUT2D eigenvalue weighted by Gasteiger charge is -2.20. The van der Waals surface area contributed by atoms with Crippen LogP contribution in [0.3, 0.4) is 0 Å². The van der Waals surface area contributed by atoms with Crippen LogP contribution in [0.4, 0.5) is 5.95 Å². The Labute approximate surface area is 76.7 Å². The fraction of sp³-hybridized carbons (Fsp3) is 0.857. The van der Waals surface area contributed by atoms with Crippen LogP contribution in [0.25, 0.3) is 0 Å². The van der Waals surface area contributed by atoms with Gasteiger partial charge in [-0.3, -0.25) is 0 Å². The first-order valence-electron chi connectivity index (χ1n) is 4.52. The molecule has 13 heavy (non-hydrogen) atoms. The van der Waals surface area contributed by atoms with Crippen LogP contribution in [-0.2, 0) is 7.05 Å². The molecule has 0 radical (unpaired) electrons. The van der Waals surface area contributed by atoms with Crippen LogP contribution in [0.5, 0.6) is 0 Å². The Balaban J connectivity index is 2.14. The molecule has 1 heterocycles. The van der Waals surface area contributed by atoms with Crippen molar-refractivity contribution in [1.82, 2.24) is 20.2 Å². The van der Waals surface area contributed by atoms with Crippen molar-refractivity contribution in [3.63, 3.8) is 0 Å². The molecule has 0 bridgehead atoms. The number of aryl methyl sites for hydroxylation is 1. The van der Waals surface area contributed by atoms with Gasteiger partial charge in [0.1, 0.15) is 0 Å². The third-order valence-corrected chi connectivity index (χ3v) is 2.21. The Morgan fingerprint density at radius 2 is 2.38 bits per heavy atom. The number of anilines is 1. The molecule has 1 aromatic rings. The molecule has 6 heteroatoms. The molecule has 0 amide bonds. The van der Waals surface area contributed by atoms with E-state index < -0.39 is 0 Å². The number of hydrogen-bond acceptors (Lipinski definition) is 5. The molecule has 1 fully saturated rings. The van der Waals surface area contributed by atoms with Crippen molar-refractivity contribution in [2.24, 2.45) is 12.8 Å². The molecular formula is C7H14N6. The van der Waals surface area contributed by atoms with E-state index >= 15 is 0 Å². The van der Waals surface area contributed by atoms with Gasteiger partial charge in [-0.05, 0) is 23.3 Å². The Kier molecular flexibility index (Phi) is 2.13. The Morgan fingerprint density at radius 1 is 1.62 bits per heavy atom. The van der Waals surface area contributed by atoms with Gasteiger partial charge in [0.25, 0.3) is 0 Å². The van der Waals surface area contributed by atoms with E-state index in [2.05, 4.69) is 20.4 Å². The summed E-state index contributed by atoms with van der Waals surface area (Å²) in [5, 5.41) is 11.4. The number of tetrazole rings is 1. The minimum atomic E-state index is 0.605. The molecule has 1 aromatic heterocycles. The smallest absolute Gasteiger partial charge is 0.245 e. The van der Waals surface area contributed by atoms with Crippen molar-refractivity contribution >= 4 is 5.95 Å². The number of hydrogen-bond donors (Lipinski definition) is 1.